The van der Waals surface area contributed by atoms with Crippen molar-refractivity contribution in [2.24, 2.45) is 22.7 Å². The first kappa shape index (κ1) is 18.3. The topological polar surface area (TPSA) is 15.3 Å². The van der Waals surface area contributed by atoms with Gasteiger partial charge in [0.2, 0.25) is 0 Å². The minimum Gasteiger partial charge on any atom is -0.369 e. The van der Waals surface area contributed by atoms with Crippen molar-refractivity contribution in [1.82, 2.24) is 5.32 Å². The Morgan fingerprint density at radius 2 is 1.62 bits per heavy atom. The largest absolute Gasteiger partial charge is 0.369 e. The van der Waals surface area contributed by atoms with E-state index in [1.165, 1.54) is 37.8 Å². The zero-order chi connectivity index (χ0) is 18.4. The number of hydrogen-bond acceptors (Lipinski definition) is 2. The summed E-state index contributed by atoms with van der Waals surface area (Å²) in [6.07, 6.45) is 7.00. The van der Waals surface area contributed by atoms with Gasteiger partial charge in [0.1, 0.15) is 0 Å². The van der Waals surface area contributed by atoms with Crippen molar-refractivity contribution in [2.45, 2.75) is 65.7 Å². The molecule has 0 aromatic heterocycles. The minimum absolute atomic E-state index is 0.509. The molecule has 2 nitrogen and oxygen atoms in total. The van der Waals surface area contributed by atoms with Crippen LogP contribution in [0.1, 0.15) is 71.3 Å². The van der Waals surface area contributed by atoms with E-state index in [9.17, 15) is 0 Å². The van der Waals surface area contributed by atoms with E-state index in [0.717, 1.165) is 43.9 Å². The van der Waals surface area contributed by atoms with Crippen LogP contribution in [0.3, 0.4) is 0 Å². The van der Waals surface area contributed by atoms with Gasteiger partial charge in [-0.1, -0.05) is 39.8 Å². The highest BCUT2D eigenvalue weighted by molar-refractivity contribution is 5.50. The molecule has 2 aliphatic carbocycles. The third-order valence-electron chi connectivity index (χ3n) is 8.10. The maximum absolute atomic E-state index is 3.47. The fourth-order valence-electron chi connectivity index (χ4n) is 6.19. The van der Waals surface area contributed by atoms with Crippen molar-refractivity contribution >= 4 is 5.69 Å². The minimum atomic E-state index is 0.509. The number of piperazine rings is 1. The Morgan fingerprint density at radius 1 is 0.923 bits per heavy atom. The van der Waals surface area contributed by atoms with Gasteiger partial charge in [-0.05, 0) is 78.4 Å². The molecule has 26 heavy (non-hydrogen) atoms. The molecule has 1 N–H and O–H groups in total. The SMILES string of the molecule is CC1(C)CCC(C)(C)C2CC(c3cccc(N4CCNCC4)c3)CCC21. The van der Waals surface area contributed by atoms with E-state index < -0.39 is 0 Å². The van der Waals surface area contributed by atoms with Gasteiger partial charge in [-0.15, -0.1) is 0 Å². The molecule has 1 saturated heterocycles. The average Bonchev–Trinajstić information content (AvgIpc) is 2.66. The molecule has 1 aromatic rings. The molecule has 0 bridgehead atoms. The Hall–Kier alpha value is -1.02. The lowest BCUT2D eigenvalue weighted by Gasteiger charge is -2.56. The Morgan fingerprint density at radius 3 is 2.35 bits per heavy atom. The van der Waals surface area contributed by atoms with E-state index in [0.29, 0.717) is 10.8 Å². The lowest BCUT2D eigenvalue weighted by molar-refractivity contribution is -0.0498. The number of hydrogen-bond donors (Lipinski definition) is 1. The summed E-state index contributed by atoms with van der Waals surface area (Å²) in [6, 6.07) is 9.53. The van der Waals surface area contributed by atoms with Crippen molar-refractivity contribution in [3.05, 3.63) is 29.8 Å². The van der Waals surface area contributed by atoms with Crippen molar-refractivity contribution in [2.75, 3.05) is 31.1 Å². The van der Waals surface area contributed by atoms with Crippen LogP contribution in [0.5, 0.6) is 0 Å². The summed E-state index contributed by atoms with van der Waals surface area (Å²) in [5, 5.41) is 3.47. The molecule has 3 atom stereocenters. The molecule has 1 aliphatic heterocycles. The summed E-state index contributed by atoms with van der Waals surface area (Å²) in [5.74, 6) is 2.55. The van der Waals surface area contributed by atoms with Gasteiger partial charge >= 0.3 is 0 Å². The number of nitrogens with one attached hydrogen (secondary N) is 1. The zero-order valence-electron chi connectivity index (χ0n) is 17.4. The van der Waals surface area contributed by atoms with Crippen LogP contribution in [-0.4, -0.2) is 26.2 Å². The maximum Gasteiger partial charge on any atom is 0.0369 e. The predicted octanol–water partition coefficient (Wildman–Crippen LogP) is 5.44. The van der Waals surface area contributed by atoms with Gasteiger partial charge in [0.05, 0.1) is 0 Å². The number of nitrogens with zero attached hydrogens (tertiary/aromatic N) is 1. The first-order valence-electron chi connectivity index (χ1n) is 10.9. The molecular weight excluding hydrogens is 316 g/mol. The molecule has 0 amide bonds. The van der Waals surface area contributed by atoms with Crippen LogP contribution in [0.2, 0.25) is 0 Å². The monoisotopic (exact) mass is 354 g/mol. The highest BCUT2D eigenvalue weighted by atomic mass is 15.2. The van der Waals surface area contributed by atoms with E-state index in [2.05, 4.69) is 62.2 Å². The normalized spacial score (nSPS) is 33.5. The summed E-state index contributed by atoms with van der Waals surface area (Å²) in [5.41, 5.74) is 4.08. The lowest BCUT2D eigenvalue weighted by atomic mass is 9.49. The number of fused-ring (bicyclic) bond motifs is 1. The first-order chi connectivity index (χ1) is 12.4. The first-order valence-corrected chi connectivity index (χ1v) is 10.9. The van der Waals surface area contributed by atoms with Crippen LogP contribution in [0, 0.1) is 22.7 Å². The van der Waals surface area contributed by atoms with Crippen molar-refractivity contribution < 1.29 is 0 Å². The highest BCUT2D eigenvalue weighted by Crippen LogP contribution is 2.59. The lowest BCUT2D eigenvalue weighted by Crippen LogP contribution is -2.47. The van der Waals surface area contributed by atoms with Crippen LogP contribution < -0.4 is 10.2 Å². The van der Waals surface area contributed by atoms with E-state index in [-0.39, 0.29) is 0 Å². The molecule has 0 spiro atoms. The van der Waals surface area contributed by atoms with Crippen LogP contribution in [-0.2, 0) is 0 Å². The van der Waals surface area contributed by atoms with Gasteiger partial charge in [0, 0.05) is 31.9 Å². The van der Waals surface area contributed by atoms with E-state index in [1.807, 2.05) is 0 Å². The second kappa shape index (κ2) is 6.86. The third-order valence-corrected chi connectivity index (χ3v) is 8.10. The molecule has 3 aliphatic rings. The van der Waals surface area contributed by atoms with E-state index in [1.54, 1.807) is 5.56 Å². The number of anilines is 1. The van der Waals surface area contributed by atoms with Gasteiger partial charge in [-0.2, -0.15) is 0 Å². The summed E-state index contributed by atoms with van der Waals surface area (Å²) >= 11 is 0. The van der Waals surface area contributed by atoms with Crippen molar-refractivity contribution in [3.63, 3.8) is 0 Å². The van der Waals surface area contributed by atoms with Gasteiger partial charge in [0.15, 0.2) is 0 Å². The summed E-state index contributed by atoms with van der Waals surface area (Å²) in [4.78, 5) is 2.55. The second-order valence-corrected chi connectivity index (χ2v) is 10.5. The molecular formula is C24H38N2. The van der Waals surface area contributed by atoms with Gasteiger partial charge < -0.3 is 10.2 Å². The van der Waals surface area contributed by atoms with Crippen LogP contribution >= 0.6 is 0 Å². The van der Waals surface area contributed by atoms with E-state index in [4.69, 9.17) is 0 Å². The highest BCUT2D eigenvalue weighted by Gasteiger charge is 2.49. The summed E-state index contributed by atoms with van der Waals surface area (Å²) in [6.45, 7) is 14.6. The molecule has 1 heterocycles. The fraction of sp³-hybridized carbons (Fsp3) is 0.750. The van der Waals surface area contributed by atoms with Gasteiger partial charge in [0.25, 0.3) is 0 Å². The van der Waals surface area contributed by atoms with Crippen molar-refractivity contribution in [1.29, 1.82) is 0 Å². The summed E-state index contributed by atoms with van der Waals surface area (Å²) in [7, 11) is 0. The predicted molar refractivity (Wildman–Crippen MR) is 112 cm³/mol. The Labute approximate surface area is 160 Å². The van der Waals surface area contributed by atoms with E-state index >= 15 is 0 Å². The Kier molecular flexibility index (Phi) is 4.84. The molecule has 3 fully saturated rings. The Bertz CT molecular complexity index is 627. The molecule has 3 unspecified atom stereocenters. The summed E-state index contributed by atoms with van der Waals surface area (Å²) < 4.78 is 0. The fourth-order valence-corrected chi connectivity index (χ4v) is 6.19. The number of benzene rings is 1. The standard InChI is InChI=1S/C24H38N2/c1-23(2)10-11-24(3,4)22-17-19(8-9-21(22)23)18-6-5-7-20(16-18)26-14-12-25-13-15-26/h5-7,16,19,21-22,25H,8-15,17H2,1-4H3. The molecule has 1 aromatic carbocycles. The average molecular weight is 355 g/mol. The number of rotatable bonds is 2. The van der Waals surface area contributed by atoms with Crippen molar-refractivity contribution in [3.8, 4) is 0 Å². The van der Waals surface area contributed by atoms with Crippen LogP contribution in [0.25, 0.3) is 0 Å². The Balaban J connectivity index is 1.54. The van der Waals surface area contributed by atoms with Crippen LogP contribution in [0.4, 0.5) is 5.69 Å². The third kappa shape index (κ3) is 3.42. The molecule has 2 saturated carbocycles. The quantitative estimate of drug-likeness (QED) is 0.760. The maximum atomic E-state index is 3.47. The zero-order valence-corrected chi connectivity index (χ0v) is 17.4. The van der Waals surface area contributed by atoms with Gasteiger partial charge in [-0.25, -0.2) is 0 Å². The molecule has 144 valence electrons. The smallest absolute Gasteiger partial charge is 0.0369 e. The second-order valence-electron chi connectivity index (χ2n) is 10.5. The molecule has 2 heteroatoms. The van der Waals surface area contributed by atoms with Crippen LogP contribution in [0.15, 0.2) is 24.3 Å². The molecule has 4 rings (SSSR count). The molecule has 0 radical (unpaired) electrons. The van der Waals surface area contributed by atoms with Gasteiger partial charge in [-0.3, -0.25) is 0 Å².